The number of hydrazine groups is 1. The summed E-state index contributed by atoms with van der Waals surface area (Å²) in [6.45, 7) is 8.42. The van der Waals surface area contributed by atoms with E-state index in [0.717, 1.165) is 48.4 Å². The van der Waals surface area contributed by atoms with Crippen molar-refractivity contribution in [1.29, 1.82) is 0 Å². The predicted molar refractivity (Wildman–Crippen MR) is 126 cm³/mol. The molecule has 0 spiro atoms. The van der Waals surface area contributed by atoms with Crippen molar-refractivity contribution in [2.24, 2.45) is 5.84 Å². The molecule has 1 fully saturated rings. The minimum atomic E-state index is 0.305. The quantitative estimate of drug-likeness (QED) is 0.357. The maximum Gasteiger partial charge on any atom is 0.189 e. The van der Waals surface area contributed by atoms with E-state index in [-0.39, 0.29) is 0 Å². The molecule has 0 radical (unpaired) electrons. The molecule has 1 aliphatic rings. The van der Waals surface area contributed by atoms with Gasteiger partial charge in [0, 0.05) is 36.8 Å². The van der Waals surface area contributed by atoms with Gasteiger partial charge in [-0.2, -0.15) is 0 Å². The van der Waals surface area contributed by atoms with Gasteiger partial charge in [0.25, 0.3) is 0 Å². The van der Waals surface area contributed by atoms with Gasteiger partial charge in [-0.25, -0.2) is 4.98 Å². The number of nitrogens with two attached hydrogens (primary N) is 2. The minimum absolute atomic E-state index is 0.305. The van der Waals surface area contributed by atoms with E-state index in [1.165, 1.54) is 5.56 Å². The van der Waals surface area contributed by atoms with Crippen LogP contribution in [0.2, 0.25) is 0 Å². The fraction of sp³-hybridized carbons (Fsp3) is 0.261. The highest BCUT2D eigenvalue weighted by Crippen LogP contribution is 2.29. The first-order valence-electron chi connectivity index (χ1n) is 10.3. The number of hydrogen-bond donors (Lipinski definition) is 4. The molecule has 4 rings (SSSR count). The summed E-state index contributed by atoms with van der Waals surface area (Å²) >= 11 is 0. The molecular weight excluding hydrogens is 388 g/mol. The van der Waals surface area contributed by atoms with E-state index in [4.69, 9.17) is 16.6 Å². The van der Waals surface area contributed by atoms with Crippen LogP contribution in [0.15, 0.2) is 55.1 Å². The van der Waals surface area contributed by atoms with E-state index in [2.05, 4.69) is 56.7 Å². The zero-order valence-electron chi connectivity index (χ0n) is 17.7. The average molecular weight is 417 g/mol. The van der Waals surface area contributed by atoms with Crippen LogP contribution in [0.1, 0.15) is 18.1 Å². The summed E-state index contributed by atoms with van der Waals surface area (Å²) in [6.07, 6.45) is 0.943. The Bertz CT molecular complexity index is 1070. The summed E-state index contributed by atoms with van der Waals surface area (Å²) < 4.78 is 0. The van der Waals surface area contributed by atoms with E-state index in [1.807, 2.05) is 31.2 Å². The van der Waals surface area contributed by atoms with Crippen molar-refractivity contribution < 1.29 is 0 Å². The predicted octanol–water partition coefficient (Wildman–Crippen LogP) is 2.46. The number of aromatic nitrogens is 3. The molecule has 0 saturated carbocycles. The van der Waals surface area contributed by atoms with E-state index in [1.54, 1.807) is 0 Å². The second-order valence-electron chi connectivity index (χ2n) is 7.82. The highest BCUT2D eigenvalue weighted by Gasteiger charge is 2.23. The van der Waals surface area contributed by atoms with Crippen molar-refractivity contribution in [1.82, 2.24) is 20.5 Å². The summed E-state index contributed by atoms with van der Waals surface area (Å²) in [5.41, 5.74) is 13.6. The number of nitrogen functional groups attached to an aromatic ring is 2. The van der Waals surface area contributed by atoms with Crippen molar-refractivity contribution in [3.05, 3.63) is 66.2 Å². The van der Waals surface area contributed by atoms with Gasteiger partial charge < -0.3 is 21.4 Å². The van der Waals surface area contributed by atoms with Crippen molar-refractivity contribution in [3.8, 4) is 11.4 Å². The number of nitrogens with zero attached hydrogens (tertiary/aromatic N) is 4. The molecule has 0 unspecified atom stereocenters. The van der Waals surface area contributed by atoms with Gasteiger partial charge in [-0.3, -0.25) is 5.84 Å². The molecular formula is C23H28N8. The first-order valence-corrected chi connectivity index (χ1v) is 10.3. The summed E-state index contributed by atoms with van der Waals surface area (Å²) in [7, 11) is 0. The molecule has 1 atom stereocenters. The Morgan fingerprint density at radius 1 is 1.23 bits per heavy atom. The van der Waals surface area contributed by atoms with Gasteiger partial charge >= 0.3 is 0 Å². The maximum absolute atomic E-state index is 6.18. The third-order valence-electron chi connectivity index (χ3n) is 5.47. The minimum Gasteiger partial charge on any atom is -0.379 e. The highest BCUT2D eigenvalue weighted by molar-refractivity contribution is 5.78. The number of rotatable bonds is 6. The van der Waals surface area contributed by atoms with Crippen molar-refractivity contribution in [3.63, 3.8) is 0 Å². The van der Waals surface area contributed by atoms with Crippen molar-refractivity contribution in [2.45, 2.75) is 19.4 Å². The summed E-state index contributed by atoms with van der Waals surface area (Å²) in [6, 6.07) is 16.5. The summed E-state index contributed by atoms with van der Waals surface area (Å²) in [5, 5.41) is 12.0. The van der Waals surface area contributed by atoms with Gasteiger partial charge in [0.1, 0.15) is 0 Å². The van der Waals surface area contributed by atoms with Crippen LogP contribution >= 0.6 is 0 Å². The first-order chi connectivity index (χ1) is 15.0. The van der Waals surface area contributed by atoms with Gasteiger partial charge in [0.05, 0.1) is 5.69 Å². The molecule has 0 aliphatic carbocycles. The Morgan fingerprint density at radius 2 is 2.03 bits per heavy atom. The number of piperazine rings is 1. The van der Waals surface area contributed by atoms with Gasteiger partial charge in [-0.15, -0.1) is 10.2 Å². The van der Waals surface area contributed by atoms with Crippen LogP contribution in [0.25, 0.3) is 17.0 Å². The Kier molecular flexibility index (Phi) is 6.11. The fourth-order valence-corrected chi connectivity index (χ4v) is 3.90. The second-order valence-corrected chi connectivity index (χ2v) is 7.82. The lowest BCUT2D eigenvalue weighted by Gasteiger charge is -2.34. The molecule has 3 aromatic rings. The number of benzene rings is 2. The second kappa shape index (κ2) is 9.11. The van der Waals surface area contributed by atoms with E-state index in [9.17, 15) is 0 Å². The van der Waals surface area contributed by atoms with Crippen LogP contribution in [-0.2, 0) is 6.42 Å². The van der Waals surface area contributed by atoms with Crippen LogP contribution in [0.4, 0.5) is 17.3 Å². The number of allylic oxidation sites excluding steroid dienone is 1. The monoisotopic (exact) mass is 416 g/mol. The molecule has 2 heterocycles. The zero-order chi connectivity index (χ0) is 21.8. The molecule has 2 aromatic carbocycles. The Labute approximate surface area is 182 Å². The molecule has 160 valence electrons. The standard InChI is InChI=1S/C23H28N8/c1-15(2)19-13-17(8-9-20(19)28-25)22-27-23(21(24)29-30-22)31-11-10-26-18(14-31)12-16-6-4-3-5-7-16/h3-9,13,18,26,28H,1,10-12,14,25H2,2H3,(H2,24,29)/t18-/m1/s1. The molecule has 1 saturated heterocycles. The SMILES string of the molecule is C=C(C)c1cc(-c2nnc(N)c(N3CCN[C@H](Cc4ccccc4)C3)n2)ccc1NN. The van der Waals surface area contributed by atoms with E-state index >= 15 is 0 Å². The van der Waals surface area contributed by atoms with Gasteiger partial charge in [-0.1, -0.05) is 36.9 Å². The maximum atomic E-state index is 6.18. The zero-order valence-corrected chi connectivity index (χ0v) is 17.7. The lowest BCUT2D eigenvalue weighted by Crippen LogP contribution is -2.52. The highest BCUT2D eigenvalue weighted by atomic mass is 15.3. The van der Waals surface area contributed by atoms with Crippen LogP contribution in [0.3, 0.4) is 0 Å². The Hall–Kier alpha value is -3.49. The smallest absolute Gasteiger partial charge is 0.189 e. The average Bonchev–Trinajstić information content (AvgIpc) is 2.80. The third kappa shape index (κ3) is 4.65. The number of hydrogen-bond acceptors (Lipinski definition) is 8. The molecule has 8 nitrogen and oxygen atoms in total. The molecule has 1 aromatic heterocycles. The van der Waals surface area contributed by atoms with Gasteiger partial charge in [-0.05, 0) is 42.7 Å². The third-order valence-corrected chi connectivity index (χ3v) is 5.47. The van der Waals surface area contributed by atoms with E-state index < -0.39 is 0 Å². The molecule has 1 aliphatic heterocycles. The topological polar surface area (TPSA) is 118 Å². The van der Waals surface area contributed by atoms with Crippen molar-refractivity contribution in [2.75, 3.05) is 35.7 Å². The first kappa shape index (κ1) is 20.8. The molecule has 0 amide bonds. The lowest BCUT2D eigenvalue weighted by atomic mass is 10.0. The Balaban J connectivity index is 1.59. The summed E-state index contributed by atoms with van der Waals surface area (Å²) in [5.74, 6) is 7.15. The normalized spacial score (nSPS) is 16.2. The van der Waals surface area contributed by atoms with Crippen LogP contribution in [0.5, 0.6) is 0 Å². The lowest BCUT2D eigenvalue weighted by molar-refractivity contribution is 0.452. The van der Waals surface area contributed by atoms with Crippen LogP contribution in [-0.4, -0.2) is 40.9 Å². The van der Waals surface area contributed by atoms with Crippen LogP contribution in [0, 0.1) is 0 Å². The van der Waals surface area contributed by atoms with Crippen LogP contribution < -0.4 is 27.2 Å². The number of nitrogens with one attached hydrogen (secondary N) is 2. The summed E-state index contributed by atoms with van der Waals surface area (Å²) in [4.78, 5) is 6.97. The van der Waals surface area contributed by atoms with E-state index in [0.29, 0.717) is 23.5 Å². The molecule has 31 heavy (non-hydrogen) atoms. The number of anilines is 3. The molecule has 0 bridgehead atoms. The largest absolute Gasteiger partial charge is 0.379 e. The fourth-order valence-electron chi connectivity index (χ4n) is 3.90. The van der Waals surface area contributed by atoms with Crippen molar-refractivity contribution >= 4 is 22.9 Å². The molecule has 6 N–H and O–H groups in total. The van der Waals surface area contributed by atoms with Gasteiger partial charge in [0.2, 0.25) is 0 Å². The molecule has 8 heteroatoms. The van der Waals surface area contributed by atoms with Gasteiger partial charge in [0.15, 0.2) is 17.5 Å². The Morgan fingerprint density at radius 3 is 2.77 bits per heavy atom.